The van der Waals surface area contributed by atoms with Crippen LogP contribution in [-0.2, 0) is 11.0 Å². The third-order valence-corrected chi connectivity index (χ3v) is 3.72. The van der Waals surface area contributed by atoms with Gasteiger partial charge in [-0.2, -0.15) is 13.2 Å². The average molecular weight is 318 g/mol. The second-order valence-corrected chi connectivity index (χ2v) is 5.59. The van der Waals surface area contributed by atoms with Crippen molar-refractivity contribution in [3.8, 4) is 0 Å². The van der Waals surface area contributed by atoms with Gasteiger partial charge in [-0.05, 0) is 55.3 Å². The van der Waals surface area contributed by atoms with Gasteiger partial charge in [-0.1, -0.05) is 6.07 Å². The highest BCUT2D eigenvalue weighted by Crippen LogP contribution is 2.40. The third-order valence-electron chi connectivity index (χ3n) is 3.72. The predicted molar refractivity (Wildman–Crippen MR) is 81.3 cm³/mol. The van der Waals surface area contributed by atoms with Crippen molar-refractivity contribution >= 4 is 23.0 Å². The largest absolute Gasteiger partial charge is 0.416 e. The molecule has 0 spiro atoms. The standard InChI is InChI=1S/C17H13F3N2O/c1-9-5-10(2)7-12(6-9)22-14-8-11(17(18,19)20)3-4-13(14)15(21)16(22)23/h3-8,21H,1-2H3. The molecule has 3 rings (SSSR count). The van der Waals surface area contributed by atoms with Gasteiger partial charge in [0.25, 0.3) is 5.91 Å². The van der Waals surface area contributed by atoms with Gasteiger partial charge in [-0.3, -0.25) is 15.1 Å². The number of benzene rings is 2. The number of fused-ring (bicyclic) bond motifs is 1. The topological polar surface area (TPSA) is 44.2 Å². The molecular weight excluding hydrogens is 305 g/mol. The first-order valence-electron chi connectivity index (χ1n) is 6.91. The minimum Gasteiger partial charge on any atom is -0.295 e. The van der Waals surface area contributed by atoms with Crippen molar-refractivity contribution in [2.75, 3.05) is 4.90 Å². The zero-order valence-electron chi connectivity index (χ0n) is 12.5. The number of rotatable bonds is 1. The molecule has 2 aromatic rings. The van der Waals surface area contributed by atoms with Crippen molar-refractivity contribution in [2.45, 2.75) is 20.0 Å². The van der Waals surface area contributed by atoms with E-state index in [4.69, 9.17) is 5.41 Å². The van der Waals surface area contributed by atoms with Gasteiger partial charge in [0.1, 0.15) is 5.71 Å². The van der Waals surface area contributed by atoms with E-state index in [9.17, 15) is 18.0 Å². The average Bonchev–Trinajstić information content (AvgIpc) is 2.68. The molecule has 0 radical (unpaired) electrons. The van der Waals surface area contributed by atoms with Crippen LogP contribution in [0.1, 0.15) is 22.3 Å². The molecule has 0 fully saturated rings. The number of amides is 1. The number of nitrogens with one attached hydrogen (secondary N) is 1. The first-order chi connectivity index (χ1) is 10.7. The molecule has 0 bridgehead atoms. The van der Waals surface area contributed by atoms with Gasteiger partial charge in [0.2, 0.25) is 0 Å². The van der Waals surface area contributed by atoms with Gasteiger partial charge in [-0.15, -0.1) is 0 Å². The Labute approximate surface area is 130 Å². The molecule has 2 aromatic carbocycles. The highest BCUT2D eigenvalue weighted by molar-refractivity contribution is 6.54. The van der Waals surface area contributed by atoms with Gasteiger partial charge >= 0.3 is 6.18 Å². The number of anilines is 2. The Morgan fingerprint density at radius 1 is 1.00 bits per heavy atom. The molecule has 1 aliphatic rings. The van der Waals surface area contributed by atoms with Crippen LogP contribution in [0.2, 0.25) is 0 Å². The van der Waals surface area contributed by atoms with Gasteiger partial charge in [0.05, 0.1) is 11.3 Å². The molecule has 0 unspecified atom stereocenters. The van der Waals surface area contributed by atoms with E-state index in [2.05, 4.69) is 0 Å². The lowest BCUT2D eigenvalue weighted by Gasteiger charge is -2.19. The Hall–Kier alpha value is -2.63. The molecule has 118 valence electrons. The van der Waals surface area contributed by atoms with E-state index >= 15 is 0 Å². The number of hydrogen-bond donors (Lipinski definition) is 1. The second-order valence-electron chi connectivity index (χ2n) is 5.59. The van der Waals surface area contributed by atoms with E-state index in [0.29, 0.717) is 5.69 Å². The van der Waals surface area contributed by atoms with Gasteiger partial charge in [-0.25, -0.2) is 0 Å². The maximum atomic E-state index is 13.0. The van der Waals surface area contributed by atoms with Crippen molar-refractivity contribution in [3.05, 3.63) is 58.7 Å². The Kier molecular flexibility index (Phi) is 3.28. The van der Waals surface area contributed by atoms with Gasteiger partial charge in [0, 0.05) is 11.3 Å². The molecule has 0 aliphatic carbocycles. The minimum absolute atomic E-state index is 0.0971. The number of hydrogen-bond acceptors (Lipinski definition) is 2. The Morgan fingerprint density at radius 3 is 2.17 bits per heavy atom. The van der Waals surface area contributed by atoms with E-state index in [1.54, 1.807) is 12.1 Å². The van der Waals surface area contributed by atoms with Crippen molar-refractivity contribution in [2.24, 2.45) is 0 Å². The van der Waals surface area contributed by atoms with Crippen LogP contribution in [-0.4, -0.2) is 11.6 Å². The molecule has 0 saturated carbocycles. The van der Waals surface area contributed by atoms with E-state index in [1.165, 1.54) is 11.0 Å². The summed E-state index contributed by atoms with van der Waals surface area (Å²) in [7, 11) is 0. The molecule has 1 amide bonds. The first kappa shape index (κ1) is 15.3. The van der Waals surface area contributed by atoms with Crippen molar-refractivity contribution in [1.29, 1.82) is 5.41 Å². The quantitative estimate of drug-likeness (QED) is 0.834. The summed E-state index contributed by atoms with van der Waals surface area (Å²) >= 11 is 0. The first-order valence-corrected chi connectivity index (χ1v) is 6.91. The predicted octanol–water partition coefficient (Wildman–Crippen LogP) is 4.37. The number of alkyl halides is 3. The van der Waals surface area contributed by atoms with E-state index < -0.39 is 17.6 Å². The smallest absolute Gasteiger partial charge is 0.295 e. The molecule has 1 heterocycles. The zero-order valence-corrected chi connectivity index (χ0v) is 12.5. The molecular formula is C17H13F3N2O. The van der Waals surface area contributed by atoms with Crippen molar-refractivity contribution in [3.63, 3.8) is 0 Å². The Bertz CT molecular complexity index is 820. The number of aryl methyl sites for hydroxylation is 2. The fourth-order valence-corrected chi connectivity index (χ4v) is 2.78. The highest BCUT2D eigenvalue weighted by Gasteiger charge is 2.38. The highest BCUT2D eigenvalue weighted by atomic mass is 19.4. The third kappa shape index (κ3) is 2.50. The normalized spacial score (nSPS) is 14.4. The minimum atomic E-state index is -4.50. The van der Waals surface area contributed by atoms with Gasteiger partial charge < -0.3 is 0 Å². The van der Waals surface area contributed by atoms with Crippen molar-refractivity contribution < 1.29 is 18.0 Å². The molecule has 0 saturated heterocycles. The van der Waals surface area contributed by atoms with Crippen LogP contribution < -0.4 is 4.90 Å². The lowest BCUT2D eigenvalue weighted by atomic mass is 10.1. The van der Waals surface area contributed by atoms with Crippen LogP contribution in [0.3, 0.4) is 0 Å². The summed E-state index contributed by atoms with van der Waals surface area (Å²) in [6.45, 7) is 3.69. The molecule has 3 nitrogen and oxygen atoms in total. The summed E-state index contributed by atoms with van der Waals surface area (Å²) in [4.78, 5) is 13.5. The lowest BCUT2D eigenvalue weighted by molar-refractivity contribution is -0.137. The summed E-state index contributed by atoms with van der Waals surface area (Å²) in [6, 6.07) is 8.34. The fraction of sp³-hybridized carbons (Fsp3) is 0.176. The van der Waals surface area contributed by atoms with Crippen LogP contribution in [0.4, 0.5) is 24.5 Å². The monoisotopic (exact) mass is 318 g/mol. The maximum absolute atomic E-state index is 13.0. The van der Waals surface area contributed by atoms with E-state index in [0.717, 1.165) is 23.3 Å². The Balaban J connectivity index is 2.21. The molecule has 0 atom stereocenters. The summed E-state index contributed by atoms with van der Waals surface area (Å²) < 4.78 is 38.9. The summed E-state index contributed by atoms with van der Waals surface area (Å²) in [5.74, 6) is -0.621. The van der Waals surface area contributed by atoms with E-state index in [1.807, 2.05) is 19.9 Å². The van der Waals surface area contributed by atoms with E-state index in [-0.39, 0.29) is 17.0 Å². The van der Waals surface area contributed by atoms with Crippen LogP contribution in [0.15, 0.2) is 36.4 Å². The molecule has 1 aliphatic heterocycles. The van der Waals surface area contributed by atoms with Crippen LogP contribution in [0.5, 0.6) is 0 Å². The zero-order chi connectivity index (χ0) is 16.9. The van der Waals surface area contributed by atoms with Gasteiger partial charge in [0.15, 0.2) is 0 Å². The molecule has 6 heteroatoms. The Morgan fingerprint density at radius 2 is 1.61 bits per heavy atom. The van der Waals surface area contributed by atoms with Crippen LogP contribution in [0, 0.1) is 19.3 Å². The van der Waals surface area contributed by atoms with Crippen molar-refractivity contribution in [1.82, 2.24) is 0 Å². The molecule has 1 N–H and O–H groups in total. The van der Waals surface area contributed by atoms with Crippen LogP contribution in [0.25, 0.3) is 0 Å². The molecule has 0 aromatic heterocycles. The summed E-state index contributed by atoms with van der Waals surface area (Å²) in [6.07, 6.45) is -4.50. The molecule has 23 heavy (non-hydrogen) atoms. The number of carbonyl (C=O) groups is 1. The fourth-order valence-electron chi connectivity index (χ4n) is 2.78. The maximum Gasteiger partial charge on any atom is 0.416 e. The number of halogens is 3. The second kappa shape index (κ2) is 4.94. The number of carbonyl (C=O) groups excluding carboxylic acids is 1. The lowest BCUT2D eigenvalue weighted by Crippen LogP contribution is -2.25. The summed E-state index contributed by atoms with van der Waals surface area (Å²) in [5, 5.41) is 7.88. The van der Waals surface area contributed by atoms with Crippen LogP contribution >= 0.6 is 0 Å². The number of nitrogens with zero attached hydrogens (tertiary/aromatic N) is 1. The SMILES string of the molecule is Cc1cc(C)cc(N2C(=O)C(=N)c3ccc(C(F)(F)F)cc32)c1. The summed E-state index contributed by atoms with van der Waals surface area (Å²) in [5.41, 5.74) is 1.41.